The van der Waals surface area contributed by atoms with Crippen molar-refractivity contribution in [3.8, 4) is 0 Å². The topological polar surface area (TPSA) is 90.6 Å². The van der Waals surface area contributed by atoms with Crippen molar-refractivity contribution in [2.45, 2.75) is 13.3 Å². The van der Waals surface area contributed by atoms with Gasteiger partial charge in [0, 0.05) is 5.92 Å². The zero-order chi connectivity index (χ0) is 9.42. The minimum Gasteiger partial charge on any atom is -0.295 e. The molecule has 13 heavy (non-hydrogen) atoms. The largest absolute Gasteiger partial charge is 0.342 e. The van der Waals surface area contributed by atoms with Gasteiger partial charge in [-0.15, -0.1) is 5.10 Å². The van der Waals surface area contributed by atoms with Crippen LogP contribution in [0.25, 0.3) is 0 Å². The van der Waals surface area contributed by atoms with E-state index in [2.05, 4.69) is 20.5 Å². The minimum absolute atomic E-state index is 0.0738. The number of anilines is 1. The van der Waals surface area contributed by atoms with Crippen molar-refractivity contribution in [3.05, 3.63) is 10.5 Å². The van der Waals surface area contributed by atoms with E-state index in [-0.39, 0.29) is 17.8 Å². The number of rotatable bonds is 2. The molecule has 1 aliphatic rings. The van der Waals surface area contributed by atoms with Crippen molar-refractivity contribution in [3.63, 3.8) is 0 Å². The Balaban J connectivity index is 1.98. The number of amides is 1. The first-order chi connectivity index (χ1) is 6.16. The first-order valence-corrected chi connectivity index (χ1v) is 4.12. The molecule has 0 aliphatic heterocycles. The van der Waals surface area contributed by atoms with Crippen molar-refractivity contribution in [1.82, 2.24) is 15.2 Å². The lowest BCUT2D eigenvalue weighted by atomic mass is 10.3. The Morgan fingerprint density at radius 1 is 1.69 bits per heavy atom. The zero-order valence-corrected chi connectivity index (χ0v) is 7.13. The summed E-state index contributed by atoms with van der Waals surface area (Å²) in [4.78, 5) is 24.3. The molecule has 1 aromatic rings. The number of hydrogen-bond acceptors (Lipinski definition) is 3. The van der Waals surface area contributed by atoms with Crippen LogP contribution in [0.5, 0.6) is 0 Å². The maximum atomic E-state index is 11.3. The lowest BCUT2D eigenvalue weighted by Crippen LogP contribution is -2.15. The molecule has 0 saturated heterocycles. The molecule has 2 rings (SSSR count). The van der Waals surface area contributed by atoms with Crippen LogP contribution in [-0.4, -0.2) is 21.1 Å². The molecule has 70 valence electrons. The summed E-state index contributed by atoms with van der Waals surface area (Å²) >= 11 is 0. The molecule has 0 spiro atoms. The van der Waals surface area contributed by atoms with Crippen LogP contribution in [0.4, 0.5) is 5.95 Å². The van der Waals surface area contributed by atoms with E-state index in [1.807, 2.05) is 6.92 Å². The molecular weight excluding hydrogens is 172 g/mol. The number of aromatic nitrogens is 3. The second-order valence-corrected chi connectivity index (χ2v) is 3.34. The van der Waals surface area contributed by atoms with Gasteiger partial charge in [-0.3, -0.25) is 15.1 Å². The second kappa shape index (κ2) is 2.72. The average molecular weight is 182 g/mol. The van der Waals surface area contributed by atoms with Crippen LogP contribution in [0.15, 0.2) is 4.79 Å². The summed E-state index contributed by atoms with van der Waals surface area (Å²) in [7, 11) is 0. The first-order valence-electron chi connectivity index (χ1n) is 4.12. The molecule has 1 amide bonds. The van der Waals surface area contributed by atoms with Crippen molar-refractivity contribution >= 4 is 11.9 Å². The van der Waals surface area contributed by atoms with Crippen LogP contribution in [0.2, 0.25) is 0 Å². The highest BCUT2D eigenvalue weighted by atomic mass is 16.2. The molecule has 2 atom stereocenters. The Kier molecular flexibility index (Phi) is 1.68. The van der Waals surface area contributed by atoms with Crippen LogP contribution < -0.4 is 11.0 Å². The summed E-state index contributed by atoms with van der Waals surface area (Å²) in [6, 6.07) is 0. The van der Waals surface area contributed by atoms with E-state index in [4.69, 9.17) is 0 Å². The van der Waals surface area contributed by atoms with Crippen LogP contribution in [0.3, 0.4) is 0 Å². The van der Waals surface area contributed by atoms with Gasteiger partial charge in [-0.05, 0) is 12.3 Å². The second-order valence-electron chi connectivity index (χ2n) is 3.34. The molecule has 6 nitrogen and oxygen atoms in total. The number of hydrogen-bond donors (Lipinski definition) is 3. The van der Waals surface area contributed by atoms with E-state index >= 15 is 0 Å². The third-order valence-corrected chi connectivity index (χ3v) is 2.19. The number of carbonyl (C=O) groups is 1. The van der Waals surface area contributed by atoms with Gasteiger partial charge in [0.15, 0.2) is 0 Å². The number of H-pyrrole nitrogens is 2. The molecule has 0 bridgehead atoms. The van der Waals surface area contributed by atoms with E-state index < -0.39 is 5.69 Å². The van der Waals surface area contributed by atoms with E-state index in [1.54, 1.807) is 0 Å². The summed E-state index contributed by atoms with van der Waals surface area (Å²) in [6.07, 6.45) is 0.917. The molecular formula is C7H10N4O2. The lowest BCUT2D eigenvalue weighted by molar-refractivity contribution is -0.117. The Hall–Kier alpha value is -1.59. The Morgan fingerprint density at radius 2 is 2.38 bits per heavy atom. The smallest absolute Gasteiger partial charge is 0.295 e. The molecule has 2 unspecified atom stereocenters. The standard InChI is InChI=1S/C7H10N4O2/c1-3-2-4(3)5(12)8-6-9-7(13)11-10-6/h3-4H,2H2,1H3,(H3,8,9,10,11,12,13). The zero-order valence-electron chi connectivity index (χ0n) is 7.13. The third kappa shape index (κ3) is 1.61. The summed E-state index contributed by atoms with van der Waals surface area (Å²) in [5.41, 5.74) is -0.417. The molecule has 0 aromatic carbocycles. The predicted molar refractivity (Wildman–Crippen MR) is 45.1 cm³/mol. The molecule has 1 heterocycles. The molecule has 1 aliphatic carbocycles. The maximum Gasteiger partial charge on any atom is 0.342 e. The Morgan fingerprint density at radius 3 is 2.85 bits per heavy atom. The molecule has 6 heteroatoms. The summed E-state index contributed by atoms with van der Waals surface area (Å²) in [5.74, 6) is 0.648. The highest BCUT2D eigenvalue weighted by Gasteiger charge is 2.39. The van der Waals surface area contributed by atoms with Crippen molar-refractivity contribution in [2.24, 2.45) is 11.8 Å². The van der Waals surface area contributed by atoms with E-state index in [1.165, 1.54) is 0 Å². The Labute approximate surface area is 73.7 Å². The van der Waals surface area contributed by atoms with Gasteiger partial charge >= 0.3 is 5.69 Å². The van der Waals surface area contributed by atoms with Crippen molar-refractivity contribution in [2.75, 3.05) is 5.32 Å². The quantitative estimate of drug-likeness (QED) is 0.586. The lowest BCUT2D eigenvalue weighted by Gasteiger charge is -1.97. The van der Waals surface area contributed by atoms with Crippen LogP contribution in [0.1, 0.15) is 13.3 Å². The Bertz CT molecular complexity index is 380. The third-order valence-electron chi connectivity index (χ3n) is 2.19. The number of nitrogens with zero attached hydrogens (tertiary/aromatic N) is 1. The van der Waals surface area contributed by atoms with E-state index in [0.717, 1.165) is 6.42 Å². The summed E-state index contributed by atoms with van der Waals surface area (Å²) < 4.78 is 0. The number of carbonyl (C=O) groups excluding carboxylic acids is 1. The highest BCUT2D eigenvalue weighted by molar-refractivity contribution is 5.92. The van der Waals surface area contributed by atoms with Gasteiger partial charge in [0.1, 0.15) is 0 Å². The fourth-order valence-electron chi connectivity index (χ4n) is 1.23. The SMILES string of the molecule is CC1CC1C(=O)Nc1n[nH]c(=O)[nH]1. The van der Waals surface area contributed by atoms with E-state index in [0.29, 0.717) is 5.92 Å². The fraction of sp³-hybridized carbons (Fsp3) is 0.571. The van der Waals surface area contributed by atoms with Crippen LogP contribution in [0, 0.1) is 11.8 Å². The molecule has 1 saturated carbocycles. The van der Waals surface area contributed by atoms with Gasteiger partial charge in [-0.25, -0.2) is 9.89 Å². The molecule has 1 aromatic heterocycles. The number of nitrogens with one attached hydrogen (secondary N) is 3. The van der Waals surface area contributed by atoms with Gasteiger partial charge in [-0.2, -0.15) is 0 Å². The number of aromatic amines is 2. The fourth-order valence-corrected chi connectivity index (χ4v) is 1.23. The first kappa shape index (κ1) is 8.03. The molecule has 0 radical (unpaired) electrons. The monoisotopic (exact) mass is 182 g/mol. The van der Waals surface area contributed by atoms with Gasteiger partial charge in [0.25, 0.3) is 0 Å². The molecule has 1 fully saturated rings. The summed E-state index contributed by atoms with van der Waals surface area (Å²) in [6.45, 7) is 2.01. The molecule has 3 N–H and O–H groups in total. The highest BCUT2D eigenvalue weighted by Crippen LogP contribution is 2.38. The van der Waals surface area contributed by atoms with E-state index in [9.17, 15) is 9.59 Å². The van der Waals surface area contributed by atoms with Gasteiger partial charge < -0.3 is 0 Å². The predicted octanol–water partition coefficient (Wildman–Crippen LogP) is -0.308. The van der Waals surface area contributed by atoms with Gasteiger partial charge in [-0.1, -0.05) is 6.92 Å². The van der Waals surface area contributed by atoms with Crippen LogP contribution >= 0.6 is 0 Å². The average Bonchev–Trinajstić information content (AvgIpc) is 2.66. The van der Waals surface area contributed by atoms with Gasteiger partial charge in [0.05, 0.1) is 0 Å². The normalized spacial score (nSPS) is 25.6. The van der Waals surface area contributed by atoms with Gasteiger partial charge in [0.2, 0.25) is 11.9 Å². The van der Waals surface area contributed by atoms with Crippen molar-refractivity contribution < 1.29 is 4.79 Å². The van der Waals surface area contributed by atoms with Crippen LogP contribution in [-0.2, 0) is 4.79 Å². The minimum atomic E-state index is -0.417. The summed E-state index contributed by atoms with van der Waals surface area (Å²) in [5, 5.41) is 8.25. The van der Waals surface area contributed by atoms with Crippen molar-refractivity contribution in [1.29, 1.82) is 0 Å². The maximum absolute atomic E-state index is 11.3.